The highest BCUT2D eigenvalue weighted by atomic mass is 19.4. The Morgan fingerprint density at radius 3 is 2.39 bits per heavy atom. The molecule has 1 amide bonds. The molecule has 1 fully saturated rings. The predicted octanol–water partition coefficient (Wildman–Crippen LogP) is 3.55. The number of amides is 1. The van der Waals surface area contributed by atoms with Gasteiger partial charge in [-0.25, -0.2) is 4.39 Å². The van der Waals surface area contributed by atoms with Crippen molar-refractivity contribution in [2.75, 3.05) is 0 Å². The average molecular weight is 331 g/mol. The van der Waals surface area contributed by atoms with E-state index in [4.69, 9.17) is 0 Å². The fraction of sp³-hybridized carbons (Fsp3) is 0.500. The van der Waals surface area contributed by atoms with E-state index in [2.05, 4.69) is 0 Å². The molecule has 3 atom stereocenters. The van der Waals surface area contributed by atoms with E-state index >= 15 is 0 Å². The Bertz CT molecular complexity index is 583. The van der Waals surface area contributed by atoms with Gasteiger partial charge in [0.05, 0.1) is 0 Å². The molecule has 7 heteroatoms. The van der Waals surface area contributed by atoms with E-state index < -0.39 is 29.9 Å². The van der Waals surface area contributed by atoms with E-state index in [0.29, 0.717) is 0 Å². The molecule has 0 bridgehead atoms. The van der Waals surface area contributed by atoms with Crippen LogP contribution < -0.4 is 5.32 Å². The van der Waals surface area contributed by atoms with Crippen molar-refractivity contribution in [2.24, 2.45) is 11.8 Å². The maximum Gasteiger partial charge on any atom is 0.412 e. The fourth-order valence-corrected chi connectivity index (χ4v) is 2.85. The number of nitrogens with one attached hydrogen (secondary N) is 1. The van der Waals surface area contributed by atoms with Crippen molar-refractivity contribution in [1.82, 2.24) is 5.32 Å². The summed E-state index contributed by atoms with van der Waals surface area (Å²) in [7, 11) is 0. The first-order chi connectivity index (χ1) is 10.7. The Morgan fingerprint density at radius 1 is 1.26 bits per heavy atom. The van der Waals surface area contributed by atoms with Crippen molar-refractivity contribution >= 4 is 11.7 Å². The number of carbonyl (C=O) groups excluding carboxylic acids is 2. The third-order valence-corrected chi connectivity index (χ3v) is 4.12. The van der Waals surface area contributed by atoms with Gasteiger partial charge in [0.25, 0.3) is 0 Å². The molecule has 126 valence electrons. The van der Waals surface area contributed by atoms with Crippen molar-refractivity contribution in [3.05, 3.63) is 35.6 Å². The maximum absolute atomic E-state index is 13.2. The number of hydrogen-bond acceptors (Lipinski definition) is 2. The Hall–Kier alpha value is -1.92. The second-order valence-electron chi connectivity index (χ2n) is 5.90. The van der Waals surface area contributed by atoms with Crippen LogP contribution in [0, 0.1) is 17.7 Å². The molecule has 0 unspecified atom stereocenters. The van der Waals surface area contributed by atoms with Crippen LogP contribution in [0.5, 0.6) is 0 Å². The van der Waals surface area contributed by atoms with Crippen LogP contribution in [0.1, 0.15) is 37.8 Å². The minimum Gasteiger partial charge on any atom is -0.341 e. The van der Waals surface area contributed by atoms with Crippen LogP contribution in [-0.4, -0.2) is 17.9 Å². The topological polar surface area (TPSA) is 46.2 Å². The summed E-state index contributed by atoms with van der Waals surface area (Å²) in [4.78, 5) is 23.5. The van der Waals surface area contributed by atoms with Crippen LogP contribution in [0.3, 0.4) is 0 Å². The lowest BCUT2D eigenvalue weighted by Gasteiger charge is -2.30. The lowest BCUT2D eigenvalue weighted by atomic mass is 9.79. The van der Waals surface area contributed by atoms with Crippen molar-refractivity contribution in [2.45, 2.75) is 38.4 Å². The number of ketones is 1. The first-order valence-corrected chi connectivity index (χ1v) is 7.32. The minimum absolute atomic E-state index is 0.0208. The van der Waals surface area contributed by atoms with Gasteiger partial charge in [-0.15, -0.1) is 0 Å². The zero-order chi connectivity index (χ0) is 17.2. The van der Waals surface area contributed by atoms with Gasteiger partial charge >= 0.3 is 6.18 Å². The van der Waals surface area contributed by atoms with Gasteiger partial charge in [-0.2, -0.15) is 13.2 Å². The minimum atomic E-state index is -4.69. The highest BCUT2D eigenvalue weighted by molar-refractivity contribution is 5.85. The average Bonchev–Trinajstić information content (AvgIpc) is 2.44. The van der Waals surface area contributed by atoms with E-state index in [1.807, 2.05) is 5.32 Å². The number of hydrogen-bond donors (Lipinski definition) is 1. The summed E-state index contributed by atoms with van der Waals surface area (Å²) in [5.74, 6) is -2.28. The molecule has 1 saturated carbocycles. The fourth-order valence-electron chi connectivity index (χ4n) is 2.85. The molecule has 0 heterocycles. The summed E-state index contributed by atoms with van der Waals surface area (Å²) in [6, 6.07) is 1.65. The van der Waals surface area contributed by atoms with Gasteiger partial charge in [-0.05, 0) is 30.0 Å². The van der Waals surface area contributed by atoms with Crippen LogP contribution >= 0.6 is 0 Å². The number of rotatable bonds is 3. The number of alkyl halides is 3. The normalized spacial score (nSPS) is 23.4. The molecule has 0 spiro atoms. The molecule has 0 aliphatic heterocycles. The molecule has 1 aliphatic carbocycles. The molecular weight excluding hydrogens is 314 g/mol. The zero-order valence-corrected chi connectivity index (χ0v) is 12.5. The monoisotopic (exact) mass is 331 g/mol. The van der Waals surface area contributed by atoms with Crippen molar-refractivity contribution in [3.63, 3.8) is 0 Å². The summed E-state index contributed by atoms with van der Waals surface area (Å²) in [6.07, 6.45) is -4.04. The molecule has 0 saturated heterocycles. The number of benzene rings is 1. The SMILES string of the molecule is C[C@@H]1CC(=O)CC[C@@H]1C(=O)N[C@H](c1ccc(F)cc1)C(F)(F)F. The highest BCUT2D eigenvalue weighted by Gasteiger charge is 2.43. The lowest BCUT2D eigenvalue weighted by Crippen LogP contribution is -2.44. The van der Waals surface area contributed by atoms with Gasteiger partial charge in [0.15, 0.2) is 6.04 Å². The van der Waals surface area contributed by atoms with Gasteiger partial charge in [-0.1, -0.05) is 19.1 Å². The van der Waals surface area contributed by atoms with Gasteiger partial charge in [0.2, 0.25) is 5.91 Å². The third kappa shape index (κ3) is 4.30. The second kappa shape index (κ2) is 6.68. The zero-order valence-electron chi connectivity index (χ0n) is 12.5. The van der Waals surface area contributed by atoms with Crippen LogP contribution in [0.4, 0.5) is 17.6 Å². The van der Waals surface area contributed by atoms with Gasteiger partial charge in [-0.3, -0.25) is 9.59 Å². The van der Waals surface area contributed by atoms with Gasteiger partial charge in [0.1, 0.15) is 11.6 Å². The lowest BCUT2D eigenvalue weighted by molar-refractivity contribution is -0.165. The molecule has 2 rings (SSSR count). The summed E-state index contributed by atoms with van der Waals surface area (Å²) in [5, 5.41) is 2.01. The van der Waals surface area contributed by atoms with E-state index in [9.17, 15) is 27.2 Å². The molecule has 23 heavy (non-hydrogen) atoms. The molecule has 3 nitrogen and oxygen atoms in total. The quantitative estimate of drug-likeness (QED) is 0.861. The molecule has 1 aliphatic rings. The van der Waals surface area contributed by atoms with Crippen LogP contribution in [0.25, 0.3) is 0 Å². The van der Waals surface area contributed by atoms with Crippen molar-refractivity contribution in [3.8, 4) is 0 Å². The molecule has 0 radical (unpaired) electrons. The Labute approximate surface area is 131 Å². The van der Waals surface area contributed by atoms with Gasteiger partial charge < -0.3 is 5.32 Å². The standard InChI is InChI=1S/C16H17F4NO2/c1-9-8-12(22)6-7-13(9)15(23)21-14(16(18,19)20)10-2-4-11(17)5-3-10/h2-5,9,13-14H,6-8H2,1H3,(H,21,23)/t9-,13+,14-/m1/s1. The van der Waals surface area contributed by atoms with Crippen molar-refractivity contribution in [1.29, 1.82) is 0 Å². The first kappa shape index (κ1) is 17.4. The van der Waals surface area contributed by atoms with E-state index in [-0.39, 0.29) is 36.5 Å². The summed E-state index contributed by atoms with van der Waals surface area (Å²) < 4.78 is 52.6. The van der Waals surface area contributed by atoms with Crippen LogP contribution in [0.15, 0.2) is 24.3 Å². The smallest absolute Gasteiger partial charge is 0.341 e. The summed E-state index contributed by atoms with van der Waals surface area (Å²) in [5.41, 5.74) is -0.230. The largest absolute Gasteiger partial charge is 0.412 e. The Kier molecular flexibility index (Phi) is 5.06. The molecular formula is C16H17F4NO2. The second-order valence-corrected chi connectivity index (χ2v) is 5.90. The molecule has 1 aromatic rings. The van der Waals surface area contributed by atoms with Crippen LogP contribution in [0.2, 0.25) is 0 Å². The number of Topliss-reactive ketones (excluding diaryl/α,β-unsaturated/α-hetero) is 1. The highest BCUT2D eigenvalue weighted by Crippen LogP contribution is 2.34. The third-order valence-electron chi connectivity index (χ3n) is 4.12. The first-order valence-electron chi connectivity index (χ1n) is 7.32. The molecule has 1 N–H and O–H groups in total. The Balaban J connectivity index is 2.16. The number of halogens is 4. The maximum atomic E-state index is 13.2. The predicted molar refractivity (Wildman–Crippen MR) is 74.9 cm³/mol. The van der Waals surface area contributed by atoms with Crippen LogP contribution in [-0.2, 0) is 9.59 Å². The van der Waals surface area contributed by atoms with Crippen molar-refractivity contribution < 1.29 is 27.2 Å². The molecule has 1 aromatic carbocycles. The van der Waals surface area contributed by atoms with Gasteiger partial charge in [0, 0.05) is 18.8 Å². The summed E-state index contributed by atoms with van der Waals surface area (Å²) >= 11 is 0. The van der Waals surface area contributed by atoms with E-state index in [0.717, 1.165) is 24.3 Å². The van der Waals surface area contributed by atoms with E-state index in [1.165, 1.54) is 0 Å². The van der Waals surface area contributed by atoms with E-state index in [1.54, 1.807) is 6.92 Å². The Morgan fingerprint density at radius 2 is 1.87 bits per heavy atom. The molecule has 0 aromatic heterocycles. The number of carbonyl (C=O) groups is 2. The summed E-state index contributed by atoms with van der Waals surface area (Å²) in [6.45, 7) is 1.68.